The van der Waals surface area contributed by atoms with Gasteiger partial charge in [-0.05, 0) is 105 Å². The van der Waals surface area contributed by atoms with Crippen LogP contribution >= 0.6 is 0 Å². The Morgan fingerprint density at radius 1 is 0.797 bits per heavy atom. The maximum atomic E-state index is 13.4. The first-order chi connectivity index (χ1) is 28.6. The molecule has 0 bridgehead atoms. The van der Waals surface area contributed by atoms with Gasteiger partial charge in [-0.3, -0.25) is 29.0 Å². The van der Waals surface area contributed by atoms with Crippen LogP contribution in [0, 0.1) is 25.7 Å². The topological polar surface area (TPSA) is 125 Å². The first kappa shape index (κ1) is 38.8. The fraction of sp³-hybridized carbons (Fsp3) is 0.457. The molecule has 13 nitrogen and oxygen atoms in total. The molecule has 1 unspecified atom stereocenters. The summed E-state index contributed by atoms with van der Waals surface area (Å²) in [7, 11) is 0. The third-order valence-electron chi connectivity index (χ3n) is 13.3. The Labute approximate surface area is 346 Å². The number of rotatable bonds is 9. The molecule has 1 atom stereocenters. The number of hydrogen-bond donors (Lipinski definition) is 2. The summed E-state index contributed by atoms with van der Waals surface area (Å²) in [5.41, 5.74) is 8.59. The van der Waals surface area contributed by atoms with E-state index in [1.165, 1.54) is 22.4 Å². The Kier molecular flexibility index (Phi) is 10.6. The third kappa shape index (κ3) is 8.04. The van der Waals surface area contributed by atoms with Crippen molar-refractivity contribution in [1.29, 1.82) is 0 Å². The van der Waals surface area contributed by atoms with Crippen LogP contribution in [0.2, 0.25) is 0 Å². The number of piperidine rings is 2. The lowest BCUT2D eigenvalue weighted by Crippen LogP contribution is -2.54. The predicted octanol–water partition coefficient (Wildman–Crippen LogP) is 4.79. The summed E-state index contributed by atoms with van der Waals surface area (Å²) < 4.78 is 0. The molecule has 0 spiro atoms. The number of pyridine rings is 1. The highest BCUT2D eigenvalue weighted by Gasteiger charge is 2.44. The van der Waals surface area contributed by atoms with Crippen LogP contribution in [-0.2, 0) is 9.59 Å². The largest absolute Gasteiger partial charge is 0.375 e. The van der Waals surface area contributed by atoms with Gasteiger partial charge in [-0.15, -0.1) is 0 Å². The maximum absolute atomic E-state index is 13.4. The van der Waals surface area contributed by atoms with E-state index < -0.39 is 17.9 Å². The van der Waals surface area contributed by atoms with Gasteiger partial charge in [0.15, 0.2) is 0 Å². The zero-order chi connectivity index (χ0) is 40.8. The number of piperazine rings is 1. The van der Waals surface area contributed by atoms with E-state index in [1.54, 1.807) is 6.07 Å². The standard InChI is InChI=1S/C46H55N9O4/c1-30-4-6-36(22-31(30)2)52-16-13-35(14-17-52)43(56)49-42-11-8-38(24-47-42)54-28-34(29-54)26-51-20-18-50(19-21-51)25-33-12-15-53(27-33)37-7-9-39-40(23-37)46(59)55(45(39)58)41-10-5-32(3)48-44(41)57/h4,6-9,11,22-25,34-35,41H,3,5,10,12-21,26-29H2,1-2H3,(H,48,57)(H,47,49,56)/b33-25+. The molecule has 0 radical (unpaired) electrons. The number of imide groups is 1. The second kappa shape index (κ2) is 16.2. The number of carbonyl (C=O) groups excluding carboxylic acids is 4. The van der Waals surface area contributed by atoms with E-state index in [4.69, 9.17) is 0 Å². The first-order valence-electron chi connectivity index (χ1n) is 21.3. The fourth-order valence-corrected chi connectivity index (χ4v) is 9.54. The van der Waals surface area contributed by atoms with E-state index in [9.17, 15) is 19.2 Å². The molecule has 308 valence electrons. The molecule has 7 heterocycles. The number of nitrogens with zero attached hydrogens (tertiary/aromatic N) is 7. The minimum atomic E-state index is -0.806. The Morgan fingerprint density at radius 2 is 1.53 bits per heavy atom. The van der Waals surface area contributed by atoms with Crippen LogP contribution in [0.1, 0.15) is 63.9 Å². The number of aryl methyl sites for hydroxylation is 2. The Balaban J connectivity index is 0.689. The number of hydrogen-bond acceptors (Lipinski definition) is 10. The number of amides is 4. The molecule has 1 aromatic heterocycles. The molecule has 9 rings (SSSR count). The lowest BCUT2D eigenvalue weighted by Gasteiger charge is -2.44. The highest BCUT2D eigenvalue weighted by Crippen LogP contribution is 2.34. The average molecular weight is 798 g/mol. The minimum absolute atomic E-state index is 0.00122. The lowest BCUT2D eigenvalue weighted by molar-refractivity contribution is -0.125. The van der Waals surface area contributed by atoms with Crippen LogP contribution in [0.5, 0.6) is 0 Å². The molecular weight excluding hydrogens is 743 g/mol. The van der Waals surface area contributed by atoms with Gasteiger partial charge in [0, 0.05) is 107 Å². The molecule has 3 aromatic rings. The van der Waals surface area contributed by atoms with Gasteiger partial charge in [0.25, 0.3) is 11.8 Å². The van der Waals surface area contributed by atoms with E-state index in [2.05, 4.69) is 91.0 Å². The molecule has 59 heavy (non-hydrogen) atoms. The van der Waals surface area contributed by atoms with Crippen molar-refractivity contribution in [1.82, 2.24) is 25.0 Å². The predicted molar refractivity (Wildman–Crippen MR) is 230 cm³/mol. The molecule has 6 aliphatic heterocycles. The molecule has 2 N–H and O–H groups in total. The number of anilines is 4. The number of aromatic nitrogens is 1. The van der Waals surface area contributed by atoms with Crippen molar-refractivity contribution in [2.45, 2.75) is 52.0 Å². The van der Waals surface area contributed by atoms with Gasteiger partial charge >= 0.3 is 0 Å². The normalized spacial score (nSPS) is 22.6. The molecule has 4 amide bonds. The van der Waals surface area contributed by atoms with Gasteiger partial charge in [-0.25, -0.2) is 4.98 Å². The van der Waals surface area contributed by atoms with E-state index >= 15 is 0 Å². The quantitative estimate of drug-likeness (QED) is 0.293. The van der Waals surface area contributed by atoms with Crippen LogP contribution in [-0.4, -0.2) is 121 Å². The summed E-state index contributed by atoms with van der Waals surface area (Å²) >= 11 is 0. The van der Waals surface area contributed by atoms with Gasteiger partial charge in [0.2, 0.25) is 11.8 Å². The molecule has 5 saturated heterocycles. The molecule has 0 aliphatic carbocycles. The van der Waals surface area contributed by atoms with Crippen LogP contribution < -0.4 is 25.3 Å². The third-order valence-corrected chi connectivity index (χ3v) is 13.3. The number of fused-ring (bicyclic) bond motifs is 1. The van der Waals surface area contributed by atoms with Gasteiger partial charge in [0.05, 0.1) is 23.0 Å². The van der Waals surface area contributed by atoms with Gasteiger partial charge in [-0.1, -0.05) is 12.6 Å². The van der Waals surface area contributed by atoms with Crippen molar-refractivity contribution in [2.24, 2.45) is 11.8 Å². The summed E-state index contributed by atoms with van der Waals surface area (Å²) in [6.45, 7) is 18.7. The highest BCUT2D eigenvalue weighted by atomic mass is 16.2. The van der Waals surface area contributed by atoms with Gasteiger partial charge in [-0.2, -0.15) is 0 Å². The highest BCUT2D eigenvalue weighted by molar-refractivity contribution is 6.23. The Morgan fingerprint density at radius 3 is 2.25 bits per heavy atom. The van der Waals surface area contributed by atoms with Crippen molar-refractivity contribution in [3.8, 4) is 0 Å². The van der Waals surface area contributed by atoms with Crippen LogP contribution in [0.25, 0.3) is 0 Å². The average Bonchev–Trinajstić information content (AvgIpc) is 3.79. The number of benzene rings is 2. The van der Waals surface area contributed by atoms with E-state index in [0.717, 1.165) is 108 Å². The molecule has 13 heteroatoms. The van der Waals surface area contributed by atoms with Crippen molar-refractivity contribution in [3.63, 3.8) is 0 Å². The molecule has 2 aromatic carbocycles. The van der Waals surface area contributed by atoms with Crippen LogP contribution in [0.15, 0.2) is 78.8 Å². The van der Waals surface area contributed by atoms with Crippen molar-refractivity contribution >= 4 is 46.5 Å². The zero-order valence-electron chi connectivity index (χ0n) is 34.3. The van der Waals surface area contributed by atoms with E-state index in [1.807, 2.05) is 24.4 Å². The summed E-state index contributed by atoms with van der Waals surface area (Å²) in [6.07, 6.45) is 7.79. The summed E-state index contributed by atoms with van der Waals surface area (Å²) in [5, 5.41) is 5.76. The minimum Gasteiger partial charge on any atom is -0.375 e. The fourth-order valence-electron chi connectivity index (χ4n) is 9.54. The molecule has 0 saturated carbocycles. The van der Waals surface area contributed by atoms with E-state index in [-0.39, 0.29) is 17.7 Å². The maximum Gasteiger partial charge on any atom is 0.262 e. The number of carbonyl (C=O) groups is 4. The smallest absolute Gasteiger partial charge is 0.262 e. The lowest BCUT2D eigenvalue weighted by atomic mass is 9.95. The number of allylic oxidation sites excluding steroid dienone is 1. The van der Waals surface area contributed by atoms with Gasteiger partial charge in [0.1, 0.15) is 11.9 Å². The molecule has 6 aliphatic rings. The van der Waals surface area contributed by atoms with Crippen LogP contribution in [0.3, 0.4) is 0 Å². The monoisotopic (exact) mass is 797 g/mol. The van der Waals surface area contributed by atoms with Gasteiger partial charge < -0.3 is 30.2 Å². The van der Waals surface area contributed by atoms with Crippen molar-refractivity contribution < 1.29 is 19.2 Å². The Bertz CT molecular complexity index is 2180. The van der Waals surface area contributed by atoms with Crippen molar-refractivity contribution in [2.75, 3.05) is 92.0 Å². The molecular formula is C46H55N9O4. The number of nitrogens with one attached hydrogen (secondary N) is 2. The second-order valence-electron chi connectivity index (χ2n) is 17.3. The van der Waals surface area contributed by atoms with E-state index in [0.29, 0.717) is 41.4 Å². The summed E-state index contributed by atoms with van der Waals surface area (Å²) in [5.74, 6) is 0.163. The SMILES string of the molecule is C=C1CCC(N2C(=O)c3ccc(N4CC/C(=C\N5CCN(CC6CN(c7ccc(NC(=O)C8CCN(c9ccc(C)c(C)c9)CC8)nc7)C6)CC5)C4)cc3C2=O)C(=O)N1. The molecule has 5 fully saturated rings. The first-order valence-corrected chi connectivity index (χ1v) is 21.3. The van der Waals surface area contributed by atoms with Crippen molar-refractivity contribution in [3.05, 3.63) is 101 Å². The summed E-state index contributed by atoms with van der Waals surface area (Å²) in [6, 6.07) is 15.3. The Hall–Kier alpha value is -5.69. The summed E-state index contributed by atoms with van der Waals surface area (Å²) in [4.78, 5) is 70.1. The zero-order valence-corrected chi connectivity index (χ0v) is 34.3. The second-order valence-corrected chi connectivity index (χ2v) is 17.3. The van der Waals surface area contributed by atoms with Crippen LogP contribution in [0.4, 0.5) is 22.9 Å².